The average Bonchev–Trinajstić information content (AvgIpc) is 2.91. The molecule has 2 fully saturated rings. The molecular formula is C19H30N2O4S2. The Labute approximate surface area is 163 Å². The van der Waals surface area contributed by atoms with Gasteiger partial charge in [-0.1, -0.05) is 32.9 Å². The number of rotatable bonds is 3. The van der Waals surface area contributed by atoms with Crippen molar-refractivity contribution >= 4 is 19.7 Å². The highest BCUT2D eigenvalue weighted by Gasteiger charge is 2.48. The Hall–Kier alpha value is -0.960. The number of likely N-dealkylation sites (N-methyl/N-ethyl adjacent to an activating group) is 1. The molecule has 0 aromatic heterocycles. The topological polar surface area (TPSA) is 74.8 Å². The fourth-order valence-electron chi connectivity index (χ4n) is 3.91. The van der Waals surface area contributed by atoms with Gasteiger partial charge in [0.1, 0.15) is 0 Å². The maximum Gasteiger partial charge on any atom is 0.183 e. The van der Waals surface area contributed by atoms with E-state index < -0.39 is 31.0 Å². The van der Waals surface area contributed by atoms with Gasteiger partial charge in [-0.15, -0.1) is 0 Å². The zero-order valence-corrected chi connectivity index (χ0v) is 18.2. The van der Waals surface area contributed by atoms with Crippen molar-refractivity contribution in [3.05, 3.63) is 29.8 Å². The van der Waals surface area contributed by atoms with Crippen LogP contribution in [0.4, 0.5) is 0 Å². The summed E-state index contributed by atoms with van der Waals surface area (Å²) in [6.45, 7) is 9.26. The first kappa shape index (κ1) is 20.8. The lowest BCUT2D eigenvalue weighted by Gasteiger charge is -2.37. The maximum absolute atomic E-state index is 13.3. The normalized spacial score (nSPS) is 27.7. The average molecular weight is 415 g/mol. The van der Waals surface area contributed by atoms with Gasteiger partial charge in [0.2, 0.25) is 0 Å². The molecule has 0 saturated carbocycles. The van der Waals surface area contributed by atoms with Gasteiger partial charge < -0.3 is 4.90 Å². The van der Waals surface area contributed by atoms with Crippen molar-refractivity contribution in [2.75, 3.05) is 44.7 Å². The van der Waals surface area contributed by atoms with Crippen LogP contribution in [0, 0.1) is 0 Å². The molecule has 0 amide bonds. The van der Waals surface area contributed by atoms with Gasteiger partial charge in [-0.2, -0.15) is 0 Å². The zero-order chi connectivity index (χ0) is 20.0. The molecule has 1 aromatic carbocycles. The standard InChI is InChI=1S/C19H30N2O4S2/c1-19(2,3)15-5-7-16(8-6-15)27(24,25)18-14-26(22,23)13-17(18)21-11-9-20(4)10-12-21/h5-8,17-18H,9-14H2,1-4H3/t17-,18+/m0/s1. The van der Waals surface area contributed by atoms with E-state index in [9.17, 15) is 16.8 Å². The molecule has 2 atom stereocenters. The summed E-state index contributed by atoms with van der Waals surface area (Å²) in [6, 6.07) is 6.46. The second-order valence-electron chi connectivity index (χ2n) is 8.84. The van der Waals surface area contributed by atoms with Gasteiger partial charge in [-0.3, -0.25) is 4.90 Å². The number of piperazine rings is 1. The molecule has 0 radical (unpaired) electrons. The molecule has 0 spiro atoms. The molecule has 152 valence electrons. The molecule has 0 N–H and O–H groups in total. The minimum absolute atomic E-state index is 0.0681. The van der Waals surface area contributed by atoms with Crippen molar-refractivity contribution in [1.82, 2.24) is 9.80 Å². The summed E-state index contributed by atoms with van der Waals surface area (Å²) in [5.41, 5.74) is 0.984. The Morgan fingerprint density at radius 2 is 1.52 bits per heavy atom. The number of sulfone groups is 2. The molecule has 2 aliphatic rings. The molecule has 8 heteroatoms. The second-order valence-corrected chi connectivity index (χ2v) is 13.2. The molecule has 3 rings (SSSR count). The first-order chi connectivity index (χ1) is 12.4. The Bertz CT molecular complexity index is 879. The highest BCUT2D eigenvalue weighted by Crippen LogP contribution is 2.31. The van der Waals surface area contributed by atoms with Gasteiger partial charge >= 0.3 is 0 Å². The van der Waals surface area contributed by atoms with E-state index in [2.05, 4.69) is 30.6 Å². The predicted molar refractivity (Wildman–Crippen MR) is 108 cm³/mol. The lowest BCUT2D eigenvalue weighted by atomic mass is 9.87. The van der Waals surface area contributed by atoms with Gasteiger partial charge in [0.05, 0.1) is 21.7 Å². The van der Waals surface area contributed by atoms with Gasteiger partial charge in [0, 0.05) is 32.2 Å². The molecule has 2 heterocycles. The summed E-state index contributed by atoms with van der Waals surface area (Å²) >= 11 is 0. The van der Waals surface area contributed by atoms with Crippen LogP contribution in [0.5, 0.6) is 0 Å². The van der Waals surface area contributed by atoms with E-state index in [1.807, 2.05) is 19.2 Å². The first-order valence-corrected chi connectivity index (χ1v) is 12.7. The van der Waals surface area contributed by atoms with Crippen molar-refractivity contribution in [2.24, 2.45) is 0 Å². The molecular weight excluding hydrogens is 384 g/mol. The number of hydrogen-bond donors (Lipinski definition) is 0. The third kappa shape index (κ3) is 4.39. The van der Waals surface area contributed by atoms with Crippen LogP contribution in [0.15, 0.2) is 29.2 Å². The fourth-order valence-corrected chi connectivity index (χ4v) is 8.74. The Morgan fingerprint density at radius 3 is 2.04 bits per heavy atom. The van der Waals surface area contributed by atoms with E-state index in [-0.39, 0.29) is 21.8 Å². The number of benzene rings is 1. The second kappa shape index (κ2) is 7.13. The molecule has 27 heavy (non-hydrogen) atoms. The molecule has 0 aliphatic carbocycles. The monoisotopic (exact) mass is 414 g/mol. The van der Waals surface area contributed by atoms with Crippen LogP contribution in [-0.4, -0.2) is 82.7 Å². The summed E-state index contributed by atoms with van der Waals surface area (Å²) in [7, 11) is -5.06. The van der Waals surface area contributed by atoms with Crippen molar-refractivity contribution in [1.29, 1.82) is 0 Å². The van der Waals surface area contributed by atoms with Crippen LogP contribution in [0.1, 0.15) is 26.3 Å². The van der Waals surface area contributed by atoms with Crippen molar-refractivity contribution in [2.45, 2.75) is 42.4 Å². The van der Waals surface area contributed by atoms with Crippen LogP contribution >= 0.6 is 0 Å². The van der Waals surface area contributed by atoms with Gasteiger partial charge in [-0.05, 0) is 30.2 Å². The summed E-state index contributed by atoms with van der Waals surface area (Å²) in [4.78, 5) is 4.45. The molecule has 2 aliphatic heterocycles. The number of nitrogens with zero attached hydrogens (tertiary/aromatic N) is 2. The molecule has 0 bridgehead atoms. The third-order valence-electron chi connectivity index (χ3n) is 5.73. The summed E-state index contributed by atoms with van der Waals surface area (Å²) in [5.74, 6) is -0.353. The van der Waals surface area contributed by atoms with E-state index in [1.165, 1.54) is 0 Å². The lowest BCUT2D eigenvalue weighted by molar-refractivity contribution is 0.122. The third-order valence-corrected chi connectivity index (χ3v) is 9.86. The zero-order valence-electron chi connectivity index (χ0n) is 16.6. The lowest BCUT2D eigenvalue weighted by Crippen LogP contribution is -2.54. The first-order valence-electron chi connectivity index (χ1n) is 9.38. The molecule has 0 unspecified atom stereocenters. The van der Waals surface area contributed by atoms with Crippen molar-refractivity contribution < 1.29 is 16.8 Å². The van der Waals surface area contributed by atoms with Gasteiger partial charge in [0.15, 0.2) is 19.7 Å². The largest absolute Gasteiger partial charge is 0.304 e. The summed E-state index contributed by atoms with van der Waals surface area (Å²) < 4.78 is 51.2. The number of hydrogen-bond acceptors (Lipinski definition) is 6. The molecule has 1 aromatic rings. The van der Waals surface area contributed by atoms with Crippen molar-refractivity contribution in [3.63, 3.8) is 0 Å². The van der Waals surface area contributed by atoms with E-state index in [1.54, 1.807) is 12.1 Å². The Morgan fingerprint density at radius 1 is 0.963 bits per heavy atom. The van der Waals surface area contributed by atoms with Crippen LogP contribution < -0.4 is 0 Å². The van der Waals surface area contributed by atoms with E-state index in [0.717, 1.165) is 18.7 Å². The van der Waals surface area contributed by atoms with E-state index in [0.29, 0.717) is 13.1 Å². The minimum Gasteiger partial charge on any atom is -0.304 e. The minimum atomic E-state index is -3.72. The maximum atomic E-state index is 13.3. The van der Waals surface area contributed by atoms with Crippen LogP contribution in [-0.2, 0) is 25.1 Å². The quantitative estimate of drug-likeness (QED) is 0.739. The van der Waals surface area contributed by atoms with Crippen LogP contribution in [0.3, 0.4) is 0 Å². The molecule has 6 nitrogen and oxygen atoms in total. The highest BCUT2D eigenvalue weighted by atomic mass is 32.2. The summed E-state index contributed by atoms with van der Waals surface area (Å²) in [5, 5.41) is -0.897. The van der Waals surface area contributed by atoms with Crippen LogP contribution in [0.25, 0.3) is 0 Å². The predicted octanol–water partition coefficient (Wildman–Crippen LogP) is 1.17. The molecule has 2 saturated heterocycles. The Balaban J connectivity index is 1.91. The van der Waals surface area contributed by atoms with Gasteiger partial charge in [0.25, 0.3) is 0 Å². The summed E-state index contributed by atoms with van der Waals surface area (Å²) in [6.07, 6.45) is 0. The smallest absolute Gasteiger partial charge is 0.183 e. The van der Waals surface area contributed by atoms with E-state index in [4.69, 9.17) is 0 Å². The highest BCUT2D eigenvalue weighted by molar-refractivity contribution is 7.96. The van der Waals surface area contributed by atoms with Crippen molar-refractivity contribution in [3.8, 4) is 0 Å². The van der Waals surface area contributed by atoms with Crippen LogP contribution in [0.2, 0.25) is 0 Å². The van der Waals surface area contributed by atoms with Gasteiger partial charge in [-0.25, -0.2) is 16.8 Å². The SMILES string of the molecule is CN1CCN([C@H]2CS(=O)(=O)C[C@H]2S(=O)(=O)c2ccc(C(C)(C)C)cc2)CC1. The Kier molecular flexibility index (Phi) is 5.49. The van der Waals surface area contributed by atoms with E-state index >= 15 is 0 Å². The fraction of sp³-hybridized carbons (Fsp3) is 0.684.